The lowest BCUT2D eigenvalue weighted by molar-refractivity contribution is 0.0691. The Morgan fingerprint density at radius 3 is 2.67 bits per heavy atom. The summed E-state index contributed by atoms with van der Waals surface area (Å²) in [6, 6.07) is 7.57. The topological polar surface area (TPSA) is 68.0 Å². The number of carboxylic acid groups (broad SMARTS) is 1. The molecular weight excluding hydrogens is 230 g/mol. The van der Waals surface area contributed by atoms with Crippen molar-refractivity contribution in [2.24, 2.45) is 0 Å². The molecule has 5 nitrogen and oxygen atoms in total. The molecular formula is C13H13N3O2. The van der Waals surface area contributed by atoms with Gasteiger partial charge in [0, 0.05) is 5.56 Å². The number of nitrogens with zero attached hydrogens (tertiary/aromatic N) is 3. The fourth-order valence-electron chi connectivity index (χ4n) is 1.70. The molecule has 0 radical (unpaired) electrons. The van der Waals surface area contributed by atoms with Crippen molar-refractivity contribution < 1.29 is 9.90 Å². The lowest BCUT2D eigenvalue weighted by Gasteiger charge is -2.05. The highest BCUT2D eigenvalue weighted by molar-refractivity contribution is 5.92. The van der Waals surface area contributed by atoms with Gasteiger partial charge in [-0.3, -0.25) is 0 Å². The summed E-state index contributed by atoms with van der Waals surface area (Å²) >= 11 is 0. The fourth-order valence-corrected chi connectivity index (χ4v) is 1.70. The van der Waals surface area contributed by atoms with Crippen molar-refractivity contribution in [2.75, 3.05) is 0 Å². The first kappa shape index (κ1) is 12.0. The Hall–Kier alpha value is -2.43. The second-order valence-corrected chi connectivity index (χ2v) is 3.93. The maximum absolute atomic E-state index is 11.1. The molecule has 1 heterocycles. The van der Waals surface area contributed by atoms with E-state index in [9.17, 15) is 4.79 Å². The third-order valence-corrected chi connectivity index (χ3v) is 2.56. The first-order valence-electron chi connectivity index (χ1n) is 5.48. The van der Waals surface area contributed by atoms with E-state index in [1.165, 1.54) is 4.68 Å². The van der Waals surface area contributed by atoms with Crippen LogP contribution in [0.2, 0.25) is 0 Å². The number of aromatic carboxylic acids is 1. The van der Waals surface area contributed by atoms with Gasteiger partial charge in [-0.2, -0.15) is 0 Å². The Morgan fingerprint density at radius 1 is 1.44 bits per heavy atom. The van der Waals surface area contributed by atoms with Crippen LogP contribution in [-0.2, 0) is 6.54 Å². The van der Waals surface area contributed by atoms with E-state index in [-0.39, 0.29) is 5.69 Å². The second kappa shape index (κ2) is 4.83. The minimum Gasteiger partial charge on any atom is -0.476 e. The van der Waals surface area contributed by atoms with Crippen LogP contribution >= 0.6 is 0 Å². The van der Waals surface area contributed by atoms with Crippen molar-refractivity contribution in [3.63, 3.8) is 0 Å². The molecule has 1 aromatic carbocycles. The number of hydrogen-bond acceptors (Lipinski definition) is 3. The maximum Gasteiger partial charge on any atom is 0.358 e. The molecule has 0 unspecified atom stereocenters. The van der Waals surface area contributed by atoms with Crippen molar-refractivity contribution in [2.45, 2.75) is 13.5 Å². The molecule has 0 spiro atoms. The molecule has 2 aromatic rings. The molecule has 0 amide bonds. The van der Waals surface area contributed by atoms with E-state index in [2.05, 4.69) is 16.9 Å². The summed E-state index contributed by atoms with van der Waals surface area (Å²) in [5.41, 5.74) is 2.35. The molecule has 2 rings (SSSR count). The van der Waals surface area contributed by atoms with Gasteiger partial charge in [-0.05, 0) is 6.92 Å². The molecule has 0 bridgehead atoms. The highest BCUT2D eigenvalue weighted by Crippen LogP contribution is 2.22. The number of carboxylic acids is 1. The van der Waals surface area contributed by atoms with Gasteiger partial charge in [0.05, 0.1) is 6.54 Å². The van der Waals surface area contributed by atoms with Crippen molar-refractivity contribution in [1.82, 2.24) is 15.0 Å². The van der Waals surface area contributed by atoms with Crippen molar-refractivity contribution >= 4 is 5.97 Å². The summed E-state index contributed by atoms with van der Waals surface area (Å²) in [6.07, 6.45) is 1.65. The molecule has 0 aliphatic carbocycles. The quantitative estimate of drug-likeness (QED) is 0.835. The van der Waals surface area contributed by atoms with Crippen molar-refractivity contribution in [3.05, 3.63) is 48.2 Å². The van der Waals surface area contributed by atoms with E-state index < -0.39 is 5.97 Å². The summed E-state index contributed by atoms with van der Waals surface area (Å²) in [7, 11) is 0. The second-order valence-electron chi connectivity index (χ2n) is 3.93. The number of rotatable bonds is 4. The molecule has 1 aromatic heterocycles. The summed E-state index contributed by atoms with van der Waals surface area (Å²) in [4.78, 5) is 11.1. The van der Waals surface area contributed by atoms with Gasteiger partial charge in [-0.1, -0.05) is 41.1 Å². The number of aryl methyl sites for hydroxylation is 1. The standard InChI is InChI=1S/C13H13N3O2/c1-3-8-16-12(11(13(17)18)14-15-16)10-6-4-9(2)5-7-10/h3-7H,1,8H2,2H3,(H,17,18). The van der Waals surface area contributed by atoms with E-state index in [0.29, 0.717) is 12.2 Å². The van der Waals surface area contributed by atoms with Crippen LogP contribution < -0.4 is 0 Å². The minimum atomic E-state index is -1.08. The van der Waals surface area contributed by atoms with Gasteiger partial charge in [0.25, 0.3) is 0 Å². The third-order valence-electron chi connectivity index (χ3n) is 2.56. The zero-order valence-electron chi connectivity index (χ0n) is 10.00. The summed E-state index contributed by atoms with van der Waals surface area (Å²) in [5.74, 6) is -1.08. The molecule has 0 aliphatic heterocycles. The number of carbonyl (C=O) groups is 1. The number of allylic oxidation sites excluding steroid dienone is 1. The number of hydrogen-bond donors (Lipinski definition) is 1. The van der Waals surface area contributed by atoms with Gasteiger partial charge in [-0.15, -0.1) is 11.7 Å². The SMILES string of the molecule is C=CCn1nnc(C(=O)O)c1-c1ccc(C)cc1. The Morgan fingerprint density at radius 2 is 2.11 bits per heavy atom. The van der Waals surface area contributed by atoms with E-state index in [1.807, 2.05) is 31.2 Å². The van der Waals surface area contributed by atoms with Crippen LogP contribution in [0.1, 0.15) is 16.1 Å². The smallest absolute Gasteiger partial charge is 0.358 e. The first-order valence-corrected chi connectivity index (χ1v) is 5.48. The van der Waals surface area contributed by atoms with Gasteiger partial charge >= 0.3 is 5.97 Å². The van der Waals surface area contributed by atoms with E-state index >= 15 is 0 Å². The third kappa shape index (κ3) is 2.15. The zero-order chi connectivity index (χ0) is 13.1. The summed E-state index contributed by atoms with van der Waals surface area (Å²) in [5, 5.41) is 16.7. The average Bonchev–Trinajstić information content (AvgIpc) is 2.75. The summed E-state index contributed by atoms with van der Waals surface area (Å²) in [6.45, 7) is 6.02. The highest BCUT2D eigenvalue weighted by Gasteiger charge is 2.19. The van der Waals surface area contributed by atoms with Crippen molar-refractivity contribution in [1.29, 1.82) is 0 Å². The zero-order valence-corrected chi connectivity index (χ0v) is 10.00. The monoisotopic (exact) mass is 243 g/mol. The molecule has 0 saturated carbocycles. The van der Waals surface area contributed by atoms with E-state index in [4.69, 9.17) is 5.11 Å². The minimum absolute atomic E-state index is 0.0410. The molecule has 0 saturated heterocycles. The molecule has 0 fully saturated rings. The predicted molar refractivity (Wildman–Crippen MR) is 67.4 cm³/mol. The molecule has 0 atom stereocenters. The van der Waals surface area contributed by atoms with Gasteiger partial charge in [0.1, 0.15) is 5.69 Å². The average molecular weight is 243 g/mol. The largest absolute Gasteiger partial charge is 0.476 e. The Kier molecular flexibility index (Phi) is 3.23. The van der Waals surface area contributed by atoms with E-state index in [0.717, 1.165) is 11.1 Å². The molecule has 0 aliphatic rings. The molecule has 92 valence electrons. The van der Waals surface area contributed by atoms with Crippen LogP contribution in [0.25, 0.3) is 11.3 Å². The van der Waals surface area contributed by atoms with Crippen LogP contribution in [-0.4, -0.2) is 26.1 Å². The van der Waals surface area contributed by atoms with Gasteiger partial charge in [0.2, 0.25) is 0 Å². The molecule has 5 heteroatoms. The Labute approximate surface area is 104 Å². The number of benzene rings is 1. The van der Waals surface area contributed by atoms with Crippen LogP contribution in [0.15, 0.2) is 36.9 Å². The van der Waals surface area contributed by atoms with Gasteiger partial charge in [0.15, 0.2) is 5.69 Å². The number of aromatic nitrogens is 3. The van der Waals surface area contributed by atoms with Crippen LogP contribution in [0.5, 0.6) is 0 Å². The normalized spacial score (nSPS) is 10.3. The lowest BCUT2D eigenvalue weighted by atomic mass is 10.1. The van der Waals surface area contributed by atoms with Crippen molar-refractivity contribution in [3.8, 4) is 11.3 Å². The Balaban J connectivity index is 2.58. The fraction of sp³-hybridized carbons (Fsp3) is 0.154. The highest BCUT2D eigenvalue weighted by atomic mass is 16.4. The van der Waals surface area contributed by atoms with Gasteiger partial charge < -0.3 is 5.11 Å². The lowest BCUT2D eigenvalue weighted by Crippen LogP contribution is -2.03. The van der Waals surface area contributed by atoms with Crippen LogP contribution in [0.4, 0.5) is 0 Å². The van der Waals surface area contributed by atoms with Crippen LogP contribution in [0, 0.1) is 6.92 Å². The van der Waals surface area contributed by atoms with Gasteiger partial charge in [-0.25, -0.2) is 9.48 Å². The maximum atomic E-state index is 11.1. The first-order chi connectivity index (χ1) is 8.63. The Bertz CT molecular complexity index is 585. The predicted octanol–water partition coefficient (Wildman–Crippen LogP) is 2.14. The van der Waals surface area contributed by atoms with E-state index in [1.54, 1.807) is 6.08 Å². The summed E-state index contributed by atoms with van der Waals surface area (Å²) < 4.78 is 1.53. The molecule has 1 N–H and O–H groups in total. The van der Waals surface area contributed by atoms with Crippen LogP contribution in [0.3, 0.4) is 0 Å². The molecule has 18 heavy (non-hydrogen) atoms.